The van der Waals surface area contributed by atoms with Crippen LogP contribution in [0.15, 0.2) is 17.7 Å². The molecular weight excluding hydrogens is 306 g/mol. The number of carbonyl (C=O) groups is 1. The van der Waals surface area contributed by atoms with Gasteiger partial charge in [-0.15, -0.1) is 11.3 Å². The Morgan fingerprint density at radius 2 is 2.35 bits per heavy atom. The lowest BCUT2D eigenvalue weighted by atomic mass is 10.0. The molecule has 0 saturated carbocycles. The van der Waals surface area contributed by atoms with E-state index in [0.717, 1.165) is 51.1 Å². The first kappa shape index (κ1) is 16.7. The summed E-state index contributed by atoms with van der Waals surface area (Å²) in [7, 11) is 2.17. The van der Waals surface area contributed by atoms with Crippen LogP contribution < -0.4 is 0 Å². The quantitative estimate of drug-likeness (QED) is 0.751. The molecular formula is C18H27N3OS. The molecule has 2 aliphatic rings. The first-order valence-corrected chi connectivity index (χ1v) is 9.51. The maximum absolute atomic E-state index is 12.4. The molecule has 126 valence electrons. The molecule has 1 fully saturated rings. The number of allylic oxidation sites excluding steroid dienone is 2. The van der Waals surface area contributed by atoms with E-state index in [1.165, 1.54) is 4.88 Å². The van der Waals surface area contributed by atoms with E-state index in [1.807, 2.05) is 5.51 Å². The Labute approximate surface area is 143 Å². The van der Waals surface area contributed by atoms with Crippen LogP contribution in [-0.4, -0.2) is 47.4 Å². The van der Waals surface area contributed by atoms with Crippen LogP contribution in [0.1, 0.15) is 36.3 Å². The van der Waals surface area contributed by atoms with Crippen molar-refractivity contribution in [1.82, 2.24) is 14.8 Å². The second-order valence-corrected chi connectivity index (χ2v) is 7.96. The molecule has 0 unspecified atom stereocenters. The average Bonchev–Trinajstić information content (AvgIpc) is 3.23. The highest BCUT2D eigenvalue weighted by Crippen LogP contribution is 2.24. The van der Waals surface area contributed by atoms with Crippen molar-refractivity contribution in [2.45, 2.75) is 39.2 Å². The molecule has 5 heteroatoms. The number of aromatic nitrogens is 1. The fourth-order valence-corrected chi connectivity index (χ4v) is 4.51. The van der Waals surface area contributed by atoms with Gasteiger partial charge >= 0.3 is 0 Å². The number of rotatable bonds is 6. The second-order valence-electron chi connectivity index (χ2n) is 7.02. The van der Waals surface area contributed by atoms with Crippen molar-refractivity contribution >= 4 is 17.2 Å². The second kappa shape index (κ2) is 7.58. The van der Waals surface area contributed by atoms with Crippen LogP contribution in [0.2, 0.25) is 0 Å². The zero-order valence-corrected chi connectivity index (χ0v) is 15.0. The van der Waals surface area contributed by atoms with E-state index in [9.17, 15) is 4.79 Å². The molecule has 4 nitrogen and oxygen atoms in total. The van der Waals surface area contributed by atoms with Crippen LogP contribution in [0.3, 0.4) is 0 Å². The highest BCUT2D eigenvalue weighted by atomic mass is 32.1. The monoisotopic (exact) mass is 333 g/mol. The summed E-state index contributed by atoms with van der Waals surface area (Å²) in [6.07, 6.45) is 8.57. The van der Waals surface area contributed by atoms with Crippen LogP contribution in [-0.2, 0) is 11.3 Å². The van der Waals surface area contributed by atoms with Crippen molar-refractivity contribution in [2.24, 2.45) is 11.8 Å². The number of carbonyl (C=O) groups excluding carboxylic acids is 1. The number of nitrogens with zero attached hydrogens (tertiary/aromatic N) is 3. The van der Waals surface area contributed by atoms with Gasteiger partial charge in [0.05, 0.1) is 11.2 Å². The molecule has 0 aromatic carbocycles. The molecule has 1 saturated heterocycles. The lowest BCUT2D eigenvalue weighted by Gasteiger charge is -2.22. The summed E-state index contributed by atoms with van der Waals surface area (Å²) in [5, 5.41) is 0. The minimum atomic E-state index is 0.352. The first-order valence-electron chi connectivity index (χ1n) is 8.63. The number of amides is 1. The van der Waals surface area contributed by atoms with Gasteiger partial charge in [-0.3, -0.25) is 4.79 Å². The van der Waals surface area contributed by atoms with Crippen molar-refractivity contribution in [1.29, 1.82) is 0 Å². The molecule has 1 aromatic heterocycles. The lowest BCUT2D eigenvalue weighted by molar-refractivity contribution is -0.131. The normalized spacial score (nSPS) is 24.0. The number of likely N-dealkylation sites (tertiary alicyclic amines) is 1. The van der Waals surface area contributed by atoms with Crippen LogP contribution in [0, 0.1) is 18.8 Å². The van der Waals surface area contributed by atoms with Crippen molar-refractivity contribution in [3.8, 4) is 0 Å². The van der Waals surface area contributed by atoms with E-state index < -0.39 is 0 Å². The minimum Gasteiger partial charge on any atom is -0.342 e. The van der Waals surface area contributed by atoms with Gasteiger partial charge in [-0.1, -0.05) is 12.2 Å². The van der Waals surface area contributed by atoms with Gasteiger partial charge in [0.1, 0.15) is 0 Å². The summed E-state index contributed by atoms with van der Waals surface area (Å²) >= 11 is 1.74. The van der Waals surface area contributed by atoms with E-state index in [0.29, 0.717) is 24.2 Å². The zero-order valence-electron chi connectivity index (χ0n) is 14.2. The van der Waals surface area contributed by atoms with E-state index in [1.54, 1.807) is 11.3 Å². The van der Waals surface area contributed by atoms with Gasteiger partial charge in [0.15, 0.2) is 0 Å². The van der Waals surface area contributed by atoms with Crippen LogP contribution in [0.25, 0.3) is 0 Å². The van der Waals surface area contributed by atoms with E-state index in [4.69, 9.17) is 0 Å². The Hall–Kier alpha value is -1.20. The number of hydrogen-bond acceptors (Lipinski definition) is 4. The van der Waals surface area contributed by atoms with Gasteiger partial charge in [-0.2, -0.15) is 0 Å². The molecule has 3 rings (SSSR count). The van der Waals surface area contributed by atoms with Crippen molar-refractivity contribution < 1.29 is 4.79 Å². The van der Waals surface area contributed by atoms with Gasteiger partial charge in [0.25, 0.3) is 0 Å². The summed E-state index contributed by atoms with van der Waals surface area (Å²) in [5.41, 5.74) is 3.07. The third-order valence-corrected chi connectivity index (χ3v) is 5.94. The average molecular weight is 334 g/mol. The van der Waals surface area contributed by atoms with E-state index >= 15 is 0 Å². The third kappa shape index (κ3) is 4.42. The SMILES string of the molecule is Cc1ncsc1CN(C)C[C@@H]1CCN(C(=O)C[C@H]2C=CCC2)C1. The van der Waals surface area contributed by atoms with Crippen LogP contribution in [0.5, 0.6) is 0 Å². The summed E-state index contributed by atoms with van der Waals surface area (Å²) in [6, 6.07) is 0. The van der Waals surface area contributed by atoms with Crippen molar-refractivity contribution in [2.75, 3.05) is 26.7 Å². The van der Waals surface area contributed by atoms with Crippen molar-refractivity contribution in [3.05, 3.63) is 28.2 Å². The molecule has 0 N–H and O–H groups in total. The first-order chi connectivity index (χ1) is 11.1. The largest absolute Gasteiger partial charge is 0.342 e. The Morgan fingerprint density at radius 1 is 1.48 bits per heavy atom. The Kier molecular flexibility index (Phi) is 5.49. The Morgan fingerprint density at radius 3 is 3.04 bits per heavy atom. The van der Waals surface area contributed by atoms with Crippen molar-refractivity contribution in [3.63, 3.8) is 0 Å². The highest BCUT2D eigenvalue weighted by Gasteiger charge is 2.28. The molecule has 1 aliphatic carbocycles. The van der Waals surface area contributed by atoms with E-state index in [2.05, 4.69) is 40.9 Å². The topological polar surface area (TPSA) is 36.4 Å². The number of aryl methyl sites for hydroxylation is 1. The maximum Gasteiger partial charge on any atom is 0.223 e. The van der Waals surface area contributed by atoms with Crippen LogP contribution in [0.4, 0.5) is 0 Å². The predicted molar refractivity (Wildman–Crippen MR) is 94.4 cm³/mol. The fourth-order valence-electron chi connectivity index (χ4n) is 3.66. The van der Waals surface area contributed by atoms with Gasteiger partial charge < -0.3 is 9.80 Å². The molecule has 1 aliphatic heterocycles. The Bertz CT molecular complexity index is 568. The molecule has 1 amide bonds. The van der Waals surface area contributed by atoms with Gasteiger partial charge in [0.2, 0.25) is 5.91 Å². The molecule has 1 aromatic rings. The van der Waals surface area contributed by atoms with Gasteiger partial charge in [-0.25, -0.2) is 4.98 Å². The maximum atomic E-state index is 12.4. The zero-order chi connectivity index (χ0) is 16.2. The summed E-state index contributed by atoms with van der Waals surface area (Å²) in [5.74, 6) is 1.44. The van der Waals surface area contributed by atoms with Gasteiger partial charge in [0, 0.05) is 37.5 Å². The summed E-state index contributed by atoms with van der Waals surface area (Å²) < 4.78 is 0. The number of hydrogen-bond donors (Lipinski definition) is 0. The van der Waals surface area contributed by atoms with E-state index in [-0.39, 0.29) is 0 Å². The summed E-state index contributed by atoms with van der Waals surface area (Å²) in [6.45, 7) is 5.97. The third-order valence-electron chi connectivity index (χ3n) is 5.02. The molecule has 0 spiro atoms. The van der Waals surface area contributed by atoms with Gasteiger partial charge in [-0.05, 0) is 45.1 Å². The Balaban J connectivity index is 1.43. The van der Waals surface area contributed by atoms with Crippen LogP contribution >= 0.6 is 11.3 Å². The summed E-state index contributed by atoms with van der Waals surface area (Å²) in [4.78, 5) is 22.5. The minimum absolute atomic E-state index is 0.352. The molecule has 23 heavy (non-hydrogen) atoms. The standard InChI is InChI=1S/C18H27N3OS/c1-14-17(23-13-19-14)12-20(2)10-16-7-8-21(11-16)18(22)9-15-5-3-4-6-15/h3,5,13,15-16H,4,6-12H2,1-2H3/t15-,16-/m0/s1. The smallest absolute Gasteiger partial charge is 0.223 e. The number of thiazole rings is 1. The predicted octanol–water partition coefficient (Wildman–Crippen LogP) is 3.09. The molecule has 2 heterocycles. The molecule has 2 atom stereocenters. The highest BCUT2D eigenvalue weighted by molar-refractivity contribution is 7.09. The fraction of sp³-hybridized carbons (Fsp3) is 0.667. The lowest BCUT2D eigenvalue weighted by Crippen LogP contribution is -2.32. The molecule has 0 bridgehead atoms. The molecule has 0 radical (unpaired) electrons.